The largest absolute Gasteiger partial charge is 0.503 e. The van der Waals surface area contributed by atoms with E-state index in [9.17, 15) is 14.7 Å². The molecule has 1 aliphatic heterocycles. The number of amides is 1. The van der Waals surface area contributed by atoms with Gasteiger partial charge in [-0.05, 0) is 37.2 Å². The van der Waals surface area contributed by atoms with Crippen LogP contribution in [0.25, 0.3) is 0 Å². The highest BCUT2D eigenvalue weighted by Gasteiger charge is 2.43. The summed E-state index contributed by atoms with van der Waals surface area (Å²) < 4.78 is 0. The molecule has 2 aromatic rings. The highest BCUT2D eigenvalue weighted by Crippen LogP contribution is 2.37. The van der Waals surface area contributed by atoms with Gasteiger partial charge >= 0.3 is 0 Å². The number of likely N-dealkylation sites (N-methyl/N-ethyl adjacent to an activating group) is 1. The molecule has 0 bridgehead atoms. The minimum absolute atomic E-state index is 0.161. The van der Waals surface area contributed by atoms with Crippen molar-refractivity contribution in [1.82, 2.24) is 14.8 Å². The molecule has 0 aliphatic carbocycles. The number of hydrogen-bond acceptors (Lipinski definition) is 5. The number of aliphatic hydroxyl groups excluding tert-OH is 1. The van der Waals surface area contributed by atoms with Gasteiger partial charge in [0.25, 0.3) is 5.91 Å². The first-order valence-corrected chi connectivity index (χ1v) is 10.5. The topological polar surface area (TPSA) is 73.7 Å². The van der Waals surface area contributed by atoms with Crippen LogP contribution in [-0.2, 0) is 16.0 Å². The van der Waals surface area contributed by atoms with E-state index in [2.05, 4.69) is 23.7 Å². The molecule has 30 heavy (non-hydrogen) atoms. The van der Waals surface area contributed by atoms with Gasteiger partial charge in [-0.2, -0.15) is 0 Å². The summed E-state index contributed by atoms with van der Waals surface area (Å²) in [6.45, 7) is 6.96. The zero-order chi connectivity index (χ0) is 21.5. The summed E-state index contributed by atoms with van der Waals surface area (Å²) in [7, 11) is 0. The number of benzene rings is 1. The first kappa shape index (κ1) is 21.7. The van der Waals surface area contributed by atoms with E-state index in [1.807, 2.05) is 36.4 Å². The highest BCUT2D eigenvalue weighted by molar-refractivity contribution is 6.08. The monoisotopic (exact) mass is 407 g/mol. The summed E-state index contributed by atoms with van der Waals surface area (Å²) in [5, 5.41) is 10.6. The van der Waals surface area contributed by atoms with Gasteiger partial charge in [0.05, 0.1) is 11.3 Å². The molecule has 0 saturated heterocycles. The van der Waals surface area contributed by atoms with Crippen molar-refractivity contribution in [1.29, 1.82) is 0 Å². The van der Waals surface area contributed by atoms with Gasteiger partial charge in [0.2, 0.25) is 0 Å². The zero-order valence-electron chi connectivity index (χ0n) is 17.6. The number of ketones is 1. The summed E-state index contributed by atoms with van der Waals surface area (Å²) in [4.78, 5) is 34.2. The highest BCUT2D eigenvalue weighted by atomic mass is 16.3. The number of aromatic nitrogens is 1. The Labute approximate surface area is 177 Å². The van der Waals surface area contributed by atoms with Crippen molar-refractivity contribution in [2.45, 2.75) is 32.7 Å². The summed E-state index contributed by atoms with van der Waals surface area (Å²) in [6, 6.07) is 14.5. The third-order valence-electron chi connectivity index (χ3n) is 5.61. The van der Waals surface area contributed by atoms with Crippen LogP contribution >= 0.6 is 0 Å². The van der Waals surface area contributed by atoms with Crippen molar-refractivity contribution < 1.29 is 14.7 Å². The maximum absolute atomic E-state index is 13.1. The molecule has 6 heteroatoms. The lowest BCUT2D eigenvalue weighted by molar-refractivity contribution is -0.129. The normalized spacial score (nSPS) is 16.6. The molecule has 0 saturated carbocycles. The van der Waals surface area contributed by atoms with Gasteiger partial charge in [-0.25, -0.2) is 0 Å². The lowest BCUT2D eigenvalue weighted by Gasteiger charge is -2.28. The number of pyridine rings is 1. The molecule has 0 spiro atoms. The summed E-state index contributed by atoms with van der Waals surface area (Å²) >= 11 is 0. The molecule has 0 radical (unpaired) electrons. The number of hydrogen-bond donors (Lipinski definition) is 1. The van der Waals surface area contributed by atoms with Crippen molar-refractivity contribution >= 4 is 11.7 Å². The third kappa shape index (κ3) is 4.76. The number of rotatable bonds is 10. The van der Waals surface area contributed by atoms with Gasteiger partial charge in [-0.15, -0.1) is 0 Å². The van der Waals surface area contributed by atoms with Crippen LogP contribution in [0, 0.1) is 0 Å². The summed E-state index contributed by atoms with van der Waals surface area (Å²) in [5.74, 6) is -1.16. The Morgan fingerprint density at radius 2 is 1.80 bits per heavy atom. The van der Waals surface area contributed by atoms with Gasteiger partial charge in [0, 0.05) is 25.7 Å². The van der Waals surface area contributed by atoms with Crippen LogP contribution in [0.2, 0.25) is 0 Å². The number of aliphatic hydroxyl groups is 1. The molecule has 6 nitrogen and oxygen atoms in total. The lowest BCUT2D eigenvalue weighted by atomic mass is 9.96. The van der Waals surface area contributed by atoms with Crippen LogP contribution in [0.4, 0.5) is 0 Å². The van der Waals surface area contributed by atoms with E-state index in [-0.39, 0.29) is 17.8 Å². The Hall–Kier alpha value is -2.99. The fraction of sp³-hybridized carbons (Fsp3) is 0.375. The molecule has 1 aliphatic rings. The number of aryl methyl sites for hydroxylation is 1. The smallest absolute Gasteiger partial charge is 0.290 e. The quantitative estimate of drug-likeness (QED) is 0.654. The Kier molecular flexibility index (Phi) is 7.36. The Morgan fingerprint density at radius 1 is 1.10 bits per heavy atom. The van der Waals surface area contributed by atoms with E-state index >= 15 is 0 Å². The first-order valence-electron chi connectivity index (χ1n) is 10.5. The maximum Gasteiger partial charge on any atom is 0.290 e. The van der Waals surface area contributed by atoms with Crippen LogP contribution in [0.3, 0.4) is 0 Å². The zero-order valence-corrected chi connectivity index (χ0v) is 17.6. The predicted molar refractivity (Wildman–Crippen MR) is 116 cm³/mol. The van der Waals surface area contributed by atoms with Gasteiger partial charge in [0.15, 0.2) is 11.5 Å². The SMILES string of the molecule is CCN(CC)CCN1C(=O)C(O)=C(C(=O)CCc2ccccc2)C1c1ccccn1. The van der Waals surface area contributed by atoms with Crippen molar-refractivity contribution in [2.75, 3.05) is 26.2 Å². The van der Waals surface area contributed by atoms with E-state index in [0.717, 1.165) is 18.7 Å². The van der Waals surface area contributed by atoms with E-state index in [1.165, 1.54) is 0 Å². The van der Waals surface area contributed by atoms with Crippen LogP contribution in [0.1, 0.15) is 37.6 Å². The molecule has 1 N–H and O–H groups in total. The van der Waals surface area contributed by atoms with Crippen LogP contribution < -0.4 is 0 Å². The fourth-order valence-electron chi connectivity index (χ4n) is 3.84. The average molecular weight is 408 g/mol. The molecule has 1 amide bonds. The summed E-state index contributed by atoms with van der Waals surface area (Å²) in [6.07, 6.45) is 2.42. The van der Waals surface area contributed by atoms with Crippen LogP contribution in [0.5, 0.6) is 0 Å². The van der Waals surface area contributed by atoms with Gasteiger partial charge in [-0.1, -0.05) is 50.2 Å². The molecular weight excluding hydrogens is 378 g/mol. The molecule has 1 aromatic carbocycles. The Balaban J connectivity index is 1.85. The molecular formula is C24H29N3O3. The van der Waals surface area contributed by atoms with Crippen LogP contribution in [0.15, 0.2) is 66.1 Å². The number of carbonyl (C=O) groups excluding carboxylic acids is 2. The van der Waals surface area contributed by atoms with Crippen molar-refractivity contribution in [3.63, 3.8) is 0 Å². The van der Waals surface area contributed by atoms with Gasteiger partial charge in [-0.3, -0.25) is 14.6 Å². The molecule has 0 fully saturated rings. The number of Topliss-reactive ketones (excluding diaryl/α,β-unsaturated/α-hetero) is 1. The molecule has 1 atom stereocenters. The minimum atomic E-state index is -0.655. The molecule has 3 rings (SSSR count). The maximum atomic E-state index is 13.1. The van der Waals surface area contributed by atoms with Gasteiger partial charge in [0.1, 0.15) is 6.04 Å². The van der Waals surface area contributed by atoms with Crippen molar-refractivity contribution in [3.05, 3.63) is 77.3 Å². The van der Waals surface area contributed by atoms with Crippen molar-refractivity contribution in [3.8, 4) is 0 Å². The molecule has 158 valence electrons. The second kappa shape index (κ2) is 10.2. The van der Waals surface area contributed by atoms with E-state index < -0.39 is 17.7 Å². The fourth-order valence-corrected chi connectivity index (χ4v) is 3.84. The van der Waals surface area contributed by atoms with E-state index in [4.69, 9.17) is 0 Å². The molecule has 1 aromatic heterocycles. The Bertz CT molecular complexity index is 892. The average Bonchev–Trinajstić information content (AvgIpc) is 3.04. The Morgan fingerprint density at radius 3 is 2.43 bits per heavy atom. The molecule has 2 heterocycles. The van der Waals surface area contributed by atoms with Crippen molar-refractivity contribution in [2.24, 2.45) is 0 Å². The van der Waals surface area contributed by atoms with E-state index in [1.54, 1.807) is 23.2 Å². The second-order valence-electron chi connectivity index (χ2n) is 7.35. The van der Waals surface area contributed by atoms with Crippen LogP contribution in [-0.4, -0.2) is 57.8 Å². The first-order chi connectivity index (χ1) is 14.6. The predicted octanol–water partition coefficient (Wildman–Crippen LogP) is 3.32. The third-order valence-corrected chi connectivity index (χ3v) is 5.61. The minimum Gasteiger partial charge on any atom is -0.503 e. The standard InChI is InChI=1S/C24H29N3O3/c1-3-26(4-2)16-17-27-22(19-12-8-9-15-25-19)21(23(29)24(27)30)20(28)14-13-18-10-6-5-7-11-18/h5-12,15,22,29H,3-4,13-14,16-17H2,1-2H3. The lowest BCUT2D eigenvalue weighted by Crippen LogP contribution is -2.38. The van der Waals surface area contributed by atoms with Gasteiger partial charge < -0.3 is 14.9 Å². The molecule has 1 unspecified atom stereocenters. The van der Waals surface area contributed by atoms with E-state index in [0.29, 0.717) is 25.2 Å². The second-order valence-corrected chi connectivity index (χ2v) is 7.35. The number of carbonyl (C=O) groups is 2. The number of nitrogens with zero attached hydrogens (tertiary/aromatic N) is 3. The summed E-state index contributed by atoms with van der Waals surface area (Å²) in [5.41, 5.74) is 1.80.